The van der Waals surface area contributed by atoms with Crippen LogP contribution in [0.15, 0.2) is 18.2 Å². The number of hydrogen-bond acceptors (Lipinski definition) is 3. The molecule has 1 saturated carbocycles. The van der Waals surface area contributed by atoms with Gasteiger partial charge >= 0.3 is 6.18 Å². The lowest BCUT2D eigenvalue weighted by atomic mass is 9.75. The fourth-order valence-electron chi connectivity index (χ4n) is 3.99. The summed E-state index contributed by atoms with van der Waals surface area (Å²) in [6.45, 7) is 0.567. The van der Waals surface area contributed by atoms with Crippen LogP contribution in [0.25, 0.3) is 0 Å². The molecule has 0 radical (unpaired) electrons. The lowest BCUT2D eigenvalue weighted by Crippen LogP contribution is -2.44. The molecule has 0 bridgehead atoms. The second-order valence-corrected chi connectivity index (χ2v) is 7.46. The Labute approximate surface area is 145 Å². The topological polar surface area (TPSA) is 55.3 Å². The summed E-state index contributed by atoms with van der Waals surface area (Å²) in [6, 6.07) is 4.99. The highest BCUT2D eigenvalue weighted by atomic mass is 19.4. The van der Waals surface area contributed by atoms with E-state index in [9.17, 15) is 17.6 Å². The van der Waals surface area contributed by atoms with Crippen LogP contribution in [0, 0.1) is 11.7 Å². The van der Waals surface area contributed by atoms with Crippen molar-refractivity contribution in [2.75, 3.05) is 18.0 Å². The van der Waals surface area contributed by atoms with Gasteiger partial charge in [-0.15, -0.1) is 0 Å². The van der Waals surface area contributed by atoms with E-state index in [2.05, 4.69) is 0 Å². The Hall–Kier alpha value is -1.34. The smallest absolute Gasteiger partial charge is 0.371 e. The van der Waals surface area contributed by atoms with Gasteiger partial charge in [0.15, 0.2) is 0 Å². The van der Waals surface area contributed by atoms with Gasteiger partial charge in [-0.05, 0) is 50.7 Å². The minimum absolute atomic E-state index is 0.0472. The summed E-state index contributed by atoms with van der Waals surface area (Å²) in [5.74, 6) is -1.64. The zero-order valence-corrected chi connectivity index (χ0v) is 14.2. The molecule has 3 rings (SSSR count). The van der Waals surface area contributed by atoms with Gasteiger partial charge in [-0.1, -0.05) is 6.07 Å². The molecule has 7 heteroatoms. The molecular weight excluding hydrogens is 334 g/mol. The van der Waals surface area contributed by atoms with Crippen LogP contribution < -0.4 is 16.4 Å². The quantitative estimate of drug-likeness (QED) is 0.793. The molecule has 1 saturated heterocycles. The third kappa shape index (κ3) is 3.92. The summed E-state index contributed by atoms with van der Waals surface area (Å²) in [5, 5.41) is 0. The van der Waals surface area contributed by atoms with E-state index in [1.165, 1.54) is 6.07 Å². The molecule has 0 amide bonds. The summed E-state index contributed by atoms with van der Waals surface area (Å²) in [4.78, 5) is 1.81. The van der Waals surface area contributed by atoms with Crippen LogP contribution in [0.5, 0.6) is 0 Å². The van der Waals surface area contributed by atoms with Gasteiger partial charge in [-0.25, -0.2) is 4.39 Å². The number of piperidine rings is 1. The number of halogens is 4. The Morgan fingerprint density at radius 1 is 1.04 bits per heavy atom. The Kier molecular flexibility index (Phi) is 4.99. The van der Waals surface area contributed by atoms with Gasteiger partial charge in [-0.3, -0.25) is 0 Å². The summed E-state index contributed by atoms with van der Waals surface area (Å²) in [5.41, 5.74) is 12.7. The summed E-state index contributed by atoms with van der Waals surface area (Å²) in [7, 11) is 0. The fourth-order valence-corrected chi connectivity index (χ4v) is 3.99. The first-order valence-corrected chi connectivity index (χ1v) is 8.85. The molecule has 1 aromatic rings. The highest BCUT2D eigenvalue weighted by Gasteiger charge is 2.41. The third-order valence-electron chi connectivity index (χ3n) is 5.73. The van der Waals surface area contributed by atoms with Crippen LogP contribution in [0.4, 0.5) is 23.2 Å². The van der Waals surface area contributed by atoms with Gasteiger partial charge in [0.1, 0.15) is 5.82 Å². The Balaban J connectivity index is 1.71. The first-order valence-electron chi connectivity index (χ1n) is 8.85. The molecule has 1 heterocycles. The molecule has 0 aromatic heterocycles. The normalized spacial score (nSPS) is 29.0. The van der Waals surface area contributed by atoms with Crippen molar-refractivity contribution in [3.05, 3.63) is 29.6 Å². The van der Waals surface area contributed by atoms with E-state index in [4.69, 9.17) is 11.5 Å². The Morgan fingerprint density at radius 3 is 2.16 bits per heavy atom. The molecule has 2 fully saturated rings. The highest BCUT2D eigenvalue weighted by Crippen LogP contribution is 2.38. The fraction of sp³-hybridized carbons (Fsp3) is 0.667. The standard InChI is InChI=1S/C18H25F4N3/c19-16-11-14(25-9-5-12(6-10-25)18(20,21)22)1-2-15(16)17(24)7-3-13(23)4-8-17/h1-2,11-13H,3-10,23-24H2. The van der Waals surface area contributed by atoms with E-state index < -0.39 is 17.6 Å². The van der Waals surface area contributed by atoms with Gasteiger partial charge in [0.05, 0.1) is 5.92 Å². The molecule has 3 nitrogen and oxygen atoms in total. The lowest BCUT2D eigenvalue weighted by Gasteiger charge is -2.37. The van der Waals surface area contributed by atoms with Crippen molar-refractivity contribution in [3.8, 4) is 0 Å². The van der Waals surface area contributed by atoms with Crippen LogP contribution >= 0.6 is 0 Å². The maximum atomic E-state index is 14.7. The Morgan fingerprint density at radius 2 is 1.64 bits per heavy atom. The first kappa shape index (κ1) is 18.5. The average molecular weight is 359 g/mol. The summed E-state index contributed by atoms with van der Waals surface area (Å²) >= 11 is 0. The largest absolute Gasteiger partial charge is 0.391 e. The molecule has 0 spiro atoms. The molecule has 2 aliphatic rings. The molecule has 0 unspecified atom stereocenters. The molecule has 1 aliphatic carbocycles. The number of anilines is 1. The van der Waals surface area contributed by atoms with Crippen LogP contribution in [0.1, 0.15) is 44.1 Å². The van der Waals surface area contributed by atoms with Crippen molar-refractivity contribution in [2.24, 2.45) is 17.4 Å². The molecule has 1 aromatic carbocycles. The van der Waals surface area contributed by atoms with Crippen molar-refractivity contribution in [1.82, 2.24) is 0 Å². The maximum Gasteiger partial charge on any atom is 0.391 e. The highest BCUT2D eigenvalue weighted by molar-refractivity contribution is 5.50. The molecule has 25 heavy (non-hydrogen) atoms. The minimum Gasteiger partial charge on any atom is -0.371 e. The van der Waals surface area contributed by atoms with Gasteiger partial charge in [0.25, 0.3) is 0 Å². The van der Waals surface area contributed by atoms with E-state index in [0.717, 1.165) is 12.8 Å². The zero-order valence-electron chi connectivity index (χ0n) is 14.2. The predicted molar refractivity (Wildman–Crippen MR) is 89.7 cm³/mol. The SMILES string of the molecule is NC1CCC(N)(c2ccc(N3CCC(C(F)(F)F)CC3)cc2F)CC1. The lowest BCUT2D eigenvalue weighted by molar-refractivity contribution is -0.179. The van der Waals surface area contributed by atoms with Crippen molar-refractivity contribution in [3.63, 3.8) is 0 Å². The van der Waals surface area contributed by atoms with Crippen molar-refractivity contribution in [2.45, 2.75) is 56.3 Å². The number of nitrogens with zero attached hydrogens (tertiary/aromatic N) is 1. The van der Waals surface area contributed by atoms with E-state index in [1.54, 1.807) is 12.1 Å². The summed E-state index contributed by atoms with van der Waals surface area (Å²) in [6.07, 6.45) is -1.24. The van der Waals surface area contributed by atoms with Crippen molar-refractivity contribution >= 4 is 5.69 Å². The van der Waals surface area contributed by atoms with Gasteiger partial charge in [0, 0.05) is 35.9 Å². The molecule has 1 aliphatic heterocycles. The summed E-state index contributed by atoms with van der Waals surface area (Å²) < 4.78 is 53.0. The van der Waals surface area contributed by atoms with E-state index in [1.807, 2.05) is 4.90 Å². The minimum atomic E-state index is -4.14. The monoisotopic (exact) mass is 359 g/mol. The number of alkyl halides is 3. The van der Waals surface area contributed by atoms with E-state index in [-0.39, 0.29) is 37.8 Å². The van der Waals surface area contributed by atoms with Crippen LogP contribution in [0.2, 0.25) is 0 Å². The van der Waals surface area contributed by atoms with Crippen LogP contribution in [-0.4, -0.2) is 25.3 Å². The molecular formula is C18H25F4N3. The first-order chi connectivity index (χ1) is 11.7. The second-order valence-electron chi connectivity index (χ2n) is 7.46. The maximum absolute atomic E-state index is 14.7. The van der Waals surface area contributed by atoms with E-state index >= 15 is 0 Å². The predicted octanol–water partition coefficient (Wildman–Crippen LogP) is 3.66. The average Bonchev–Trinajstić information content (AvgIpc) is 2.57. The van der Waals surface area contributed by atoms with Gasteiger partial charge < -0.3 is 16.4 Å². The van der Waals surface area contributed by atoms with Gasteiger partial charge in [0.2, 0.25) is 0 Å². The number of hydrogen-bond donors (Lipinski definition) is 2. The molecule has 0 atom stereocenters. The third-order valence-corrected chi connectivity index (χ3v) is 5.73. The van der Waals surface area contributed by atoms with Crippen molar-refractivity contribution in [1.29, 1.82) is 0 Å². The van der Waals surface area contributed by atoms with Crippen LogP contribution in [-0.2, 0) is 5.54 Å². The molecule has 140 valence electrons. The number of benzene rings is 1. The number of nitrogens with two attached hydrogens (primary N) is 2. The number of rotatable bonds is 2. The zero-order chi connectivity index (χ0) is 18.2. The Bertz CT molecular complexity index is 601. The van der Waals surface area contributed by atoms with Crippen LogP contribution in [0.3, 0.4) is 0 Å². The van der Waals surface area contributed by atoms with Crippen molar-refractivity contribution < 1.29 is 17.6 Å². The second kappa shape index (κ2) is 6.76. The van der Waals surface area contributed by atoms with E-state index in [0.29, 0.717) is 24.1 Å². The van der Waals surface area contributed by atoms with Gasteiger partial charge in [-0.2, -0.15) is 13.2 Å². The molecule has 4 N–H and O–H groups in total.